The SMILES string of the molecule is CC1(C)O[C@@H]2[C@@H](CO[C@@]2(O[Si](C)(C)C)[C@@]23OC(C)(C)O[C@@H]2COC3=O)O1. The lowest BCUT2D eigenvalue weighted by molar-refractivity contribution is -0.320. The second kappa shape index (κ2) is 5.28. The minimum atomic E-state index is -2.21. The number of hydrogen-bond acceptors (Lipinski definition) is 8. The van der Waals surface area contributed by atoms with E-state index in [2.05, 4.69) is 0 Å². The molecule has 4 rings (SSSR count). The van der Waals surface area contributed by atoms with Crippen molar-refractivity contribution < 1.29 is 37.6 Å². The van der Waals surface area contributed by atoms with Gasteiger partial charge in [-0.25, -0.2) is 4.79 Å². The number of esters is 1. The van der Waals surface area contributed by atoms with Crippen LogP contribution in [0.5, 0.6) is 0 Å². The molecule has 26 heavy (non-hydrogen) atoms. The van der Waals surface area contributed by atoms with Crippen LogP contribution in [0, 0.1) is 0 Å². The lowest BCUT2D eigenvalue weighted by Crippen LogP contribution is -2.71. The van der Waals surface area contributed by atoms with Crippen LogP contribution >= 0.6 is 0 Å². The zero-order valence-electron chi connectivity index (χ0n) is 16.4. The number of cyclic esters (lactones) is 1. The summed E-state index contributed by atoms with van der Waals surface area (Å²) in [5, 5.41) is 0. The van der Waals surface area contributed by atoms with Gasteiger partial charge in [0.05, 0.1) is 6.61 Å². The Labute approximate surface area is 154 Å². The molecule has 5 atom stereocenters. The molecule has 0 aromatic carbocycles. The van der Waals surface area contributed by atoms with Crippen molar-refractivity contribution in [1.82, 2.24) is 0 Å². The number of fused-ring (bicyclic) bond motifs is 2. The van der Waals surface area contributed by atoms with E-state index < -0.39 is 49.5 Å². The van der Waals surface area contributed by atoms with E-state index in [1.54, 1.807) is 13.8 Å². The Kier molecular flexibility index (Phi) is 3.82. The molecule has 4 saturated heterocycles. The summed E-state index contributed by atoms with van der Waals surface area (Å²) in [5.74, 6) is -3.81. The first-order valence-corrected chi connectivity index (χ1v) is 12.5. The van der Waals surface area contributed by atoms with Crippen LogP contribution in [0.3, 0.4) is 0 Å². The van der Waals surface area contributed by atoms with Gasteiger partial charge in [-0.15, -0.1) is 0 Å². The average Bonchev–Trinajstić information content (AvgIpc) is 3.10. The van der Waals surface area contributed by atoms with E-state index in [1.165, 1.54) is 0 Å². The molecule has 0 spiro atoms. The molecular weight excluding hydrogens is 360 g/mol. The highest BCUT2D eigenvalue weighted by Gasteiger charge is 2.81. The highest BCUT2D eigenvalue weighted by molar-refractivity contribution is 6.69. The van der Waals surface area contributed by atoms with Gasteiger partial charge < -0.3 is 32.8 Å². The molecule has 0 aromatic rings. The van der Waals surface area contributed by atoms with Gasteiger partial charge in [0, 0.05) is 0 Å². The summed E-state index contributed by atoms with van der Waals surface area (Å²) in [5.41, 5.74) is -1.56. The molecule has 4 fully saturated rings. The topological polar surface area (TPSA) is 81.7 Å². The minimum Gasteiger partial charge on any atom is -0.460 e. The summed E-state index contributed by atoms with van der Waals surface area (Å²) in [6.07, 6.45) is -1.64. The fraction of sp³-hybridized carbons (Fsp3) is 0.941. The molecule has 0 aromatic heterocycles. The van der Waals surface area contributed by atoms with Gasteiger partial charge in [-0.3, -0.25) is 0 Å². The molecule has 8 nitrogen and oxygen atoms in total. The summed E-state index contributed by atoms with van der Waals surface area (Å²) in [7, 11) is -2.21. The Morgan fingerprint density at radius 3 is 2.35 bits per heavy atom. The van der Waals surface area contributed by atoms with Crippen molar-refractivity contribution in [2.24, 2.45) is 0 Å². The van der Waals surface area contributed by atoms with Crippen LogP contribution in [-0.2, 0) is 37.6 Å². The average molecular weight is 388 g/mol. The summed E-state index contributed by atoms with van der Waals surface area (Å²) >= 11 is 0. The zero-order valence-corrected chi connectivity index (χ0v) is 17.4. The fourth-order valence-electron chi connectivity index (χ4n) is 4.43. The standard InChI is InChI=1S/C17H28O8Si/c1-14(2)21-10-8-20-17(12(10)23-14,25-26(5,6)7)16-11(9-19-13(16)18)22-15(3,4)24-16/h10-12H,8-9H2,1-7H3/t10-,11-,12-,16-,17+/m1/s1. The predicted molar refractivity (Wildman–Crippen MR) is 90.7 cm³/mol. The highest BCUT2D eigenvalue weighted by Crippen LogP contribution is 2.56. The Morgan fingerprint density at radius 2 is 1.69 bits per heavy atom. The van der Waals surface area contributed by atoms with Crippen molar-refractivity contribution in [1.29, 1.82) is 0 Å². The van der Waals surface area contributed by atoms with Crippen LogP contribution < -0.4 is 0 Å². The summed E-state index contributed by atoms with van der Waals surface area (Å²) in [6.45, 7) is 13.6. The van der Waals surface area contributed by atoms with Crippen molar-refractivity contribution >= 4 is 14.3 Å². The molecule has 0 amide bonds. The summed E-state index contributed by atoms with van der Waals surface area (Å²) < 4.78 is 42.4. The van der Waals surface area contributed by atoms with Crippen LogP contribution in [0.4, 0.5) is 0 Å². The van der Waals surface area contributed by atoms with Gasteiger partial charge in [-0.05, 0) is 47.3 Å². The molecule has 0 saturated carbocycles. The number of hydrogen-bond donors (Lipinski definition) is 0. The van der Waals surface area contributed by atoms with Gasteiger partial charge >= 0.3 is 5.97 Å². The molecule has 0 aliphatic carbocycles. The molecule has 4 aliphatic rings. The van der Waals surface area contributed by atoms with E-state index >= 15 is 0 Å². The van der Waals surface area contributed by atoms with Crippen LogP contribution in [-0.4, -0.2) is 68.8 Å². The first-order chi connectivity index (χ1) is 11.8. The molecule has 0 unspecified atom stereocenters. The first kappa shape index (κ1) is 18.8. The van der Waals surface area contributed by atoms with E-state index in [0.29, 0.717) is 0 Å². The van der Waals surface area contributed by atoms with E-state index in [0.717, 1.165) is 0 Å². The van der Waals surface area contributed by atoms with Crippen LogP contribution in [0.2, 0.25) is 19.6 Å². The van der Waals surface area contributed by atoms with Gasteiger partial charge in [-0.2, -0.15) is 0 Å². The number of carbonyl (C=O) groups excluding carboxylic acids is 1. The Morgan fingerprint density at radius 1 is 1.00 bits per heavy atom. The smallest absolute Gasteiger partial charge is 0.347 e. The maximum absolute atomic E-state index is 13.0. The van der Waals surface area contributed by atoms with Crippen molar-refractivity contribution in [3.8, 4) is 0 Å². The lowest BCUT2D eigenvalue weighted by Gasteiger charge is -2.46. The summed E-state index contributed by atoms with van der Waals surface area (Å²) in [6, 6.07) is 0. The Hall–Kier alpha value is -0.553. The van der Waals surface area contributed by atoms with Gasteiger partial charge in [0.15, 0.2) is 19.9 Å². The minimum absolute atomic E-state index is 0.0874. The normalized spacial score (nSPS) is 46.3. The van der Waals surface area contributed by atoms with Crippen molar-refractivity contribution in [2.45, 2.75) is 88.6 Å². The monoisotopic (exact) mass is 388 g/mol. The summed E-state index contributed by atoms with van der Waals surface area (Å²) in [4.78, 5) is 13.0. The molecule has 0 radical (unpaired) electrons. The lowest BCUT2D eigenvalue weighted by atomic mass is 9.85. The largest absolute Gasteiger partial charge is 0.460 e. The Bertz CT molecular complexity index is 629. The van der Waals surface area contributed by atoms with Gasteiger partial charge in [0.2, 0.25) is 5.79 Å². The number of rotatable bonds is 3. The molecule has 4 heterocycles. The van der Waals surface area contributed by atoms with Crippen molar-refractivity contribution in [2.75, 3.05) is 13.2 Å². The maximum Gasteiger partial charge on any atom is 0.347 e. The third-order valence-corrected chi connectivity index (χ3v) is 5.87. The number of carbonyl (C=O) groups is 1. The molecule has 148 valence electrons. The van der Waals surface area contributed by atoms with Crippen LogP contribution in [0.1, 0.15) is 27.7 Å². The van der Waals surface area contributed by atoms with Crippen molar-refractivity contribution in [3.63, 3.8) is 0 Å². The first-order valence-electron chi connectivity index (χ1n) is 9.05. The quantitative estimate of drug-likeness (QED) is 0.532. The third kappa shape index (κ3) is 2.52. The maximum atomic E-state index is 13.0. The van der Waals surface area contributed by atoms with Crippen LogP contribution in [0.15, 0.2) is 0 Å². The molecular formula is C17H28O8Si. The van der Waals surface area contributed by atoms with E-state index in [4.69, 9.17) is 32.8 Å². The number of ether oxygens (including phenoxy) is 6. The molecule has 9 heteroatoms. The molecule has 0 N–H and O–H groups in total. The fourth-order valence-corrected chi connectivity index (χ4v) is 5.66. The van der Waals surface area contributed by atoms with Gasteiger partial charge in [0.25, 0.3) is 5.60 Å². The second-order valence-electron chi connectivity index (χ2n) is 9.23. The third-order valence-electron chi connectivity index (χ3n) is 4.95. The van der Waals surface area contributed by atoms with E-state index in [-0.39, 0.29) is 19.3 Å². The zero-order chi connectivity index (χ0) is 19.2. The van der Waals surface area contributed by atoms with Crippen LogP contribution in [0.25, 0.3) is 0 Å². The van der Waals surface area contributed by atoms with E-state index in [9.17, 15) is 4.79 Å². The molecule has 0 bridgehead atoms. The highest BCUT2D eigenvalue weighted by atomic mass is 28.4. The second-order valence-corrected chi connectivity index (χ2v) is 13.7. The molecule has 4 aliphatic heterocycles. The van der Waals surface area contributed by atoms with Crippen molar-refractivity contribution in [3.05, 3.63) is 0 Å². The van der Waals surface area contributed by atoms with E-state index in [1.807, 2.05) is 33.5 Å². The van der Waals surface area contributed by atoms with Gasteiger partial charge in [0.1, 0.15) is 24.9 Å². The predicted octanol–water partition coefficient (Wildman–Crippen LogP) is 1.53. The Balaban J connectivity index is 1.86. The van der Waals surface area contributed by atoms with Gasteiger partial charge in [-0.1, -0.05) is 0 Å².